The van der Waals surface area contributed by atoms with Gasteiger partial charge in [-0.2, -0.15) is 0 Å². The van der Waals surface area contributed by atoms with Crippen LogP contribution < -0.4 is 10.6 Å². The summed E-state index contributed by atoms with van der Waals surface area (Å²) in [4.78, 5) is 24.5. The molecule has 3 N–H and O–H groups in total. The molecule has 0 unspecified atom stereocenters. The van der Waals surface area contributed by atoms with Crippen LogP contribution >= 0.6 is 0 Å². The number of carboxylic acid groups (broad SMARTS) is 1. The lowest BCUT2D eigenvalue weighted by molar-refractivity contribution is -0.137. The van der Waals surface area contributed by atoms with Crippen LogP contribution in [0.15, 0.2) is 24.3 Å². The Kier molecular flexibility index (Phi) is 5.10. The van der Waals surface area contributed by atoms with Crippen LogP contribution in [0.3, 0.4) is 0 Å². The first-order valence-corrected chi connectivity index (χ1v) is 6.18. The molecule has 1 rings (SSSR count). The number of ether oxygens (including phenoxy) is 1. The molecular formula is C14H20N2O4. The van der Waals surface area contributed by atoms with E-state index in [4.69, 9.17) is 15.6 Å². The van der Waals surface area contributed by atoms with Crippen molar-refractivity contribution in [3.63, 3.8) is 0 Å². The van der Waals surface area contributed by atoms with Gasteiger partial charge in [0.05, 0.1) is 23.4 Å². The first-order chi connectivity index (χ1) is 9.26. The molecule has 0 heterocycles. The van der Waals surface area contributed by atoms with Crippen molar-refractivity contribution in [2.45, 2.75) is 25.9 Å². The number of nitrogens with two attached hydrogens (primary N) is 1. The van der Waals surface area contributed by atoms with Gasteiger partial charge in [-0.1, -0.05) is 12.1 Å². The zero-order valence-electron chi connectivity index (χ0n) is 11.9. The number of aliphatic carboxylic acids is 1. The molecular weight excluding hydrogens is 260 g/mol. The number of hydrogen-bond donors (Lipinski definition) is 2. The van der Waals surface area contributed by atoms with Gasteiger partial charge in [0.1, 0.15) is 6.54 Å². The first-order valence-electron chi connectivity index (χ1n) is 6.18. The lowest BCUT2D eigenvalue weighted by Gasteiger charge is -2.28. The normalized spacial score (nSPS) is 11.2. The van der Waals surface area contributed by atoms with Gasteiger partial charge in [0, 0.05) is 7.11 Å². The number of nitrogens with zero attached hydrogens (tertiary/aromatic N) is 1. The molecule has 0 aliphatic rings. The summed E-state index contributed by atoms with van der Waals surface area (Å²) in [5.74, 6) is -1.45. The van der Waals surface area contributed by atoms with Crippen molar-refractivity contribution in [3.05, 3.63) is 24.3 Å². The summed E-state index contributed by atoms with van der Waals surface area (Å²) in [6.07, 6.45) is 0.0606. The summed E-state index contributed by atoms with van der Waals surface area (Å²) < 4.78 is 5.20. The average molecular weight is 280 g/mol. The van der Waals surface area contributed by atoms with E-state index < -0.39 is 18.1 Å². The molecule has 0 atom stereocenters. The number of amides is 1. The van der Waals surface area contributed by atoms with Crippen molar-refractivity contribution in [1.82, 2.24) is 0 Å². The van der Waals surface area contributed by atoms with Gasteiger partial charge in [-0.3, -0.25) is 14.5 Å². The van der Waals surface area contributed by atoms with E-state index in [1.165, 1.54) is 12.0 Å². The van der Waals surface area contributed by atoms with Crippen LogP contribution in [0, 0.1) is 0 Å². The van der Waals surface area contributed by atoms with Crippen molar-refractivity contribution < 1.29 is 19.4 Å². The molecule has 0 spiro atoms. The lowest BCUT2D eigenvalue weighted by atomic mass is 10.0. The molecule has 110 valence electrons. The standard InChI is InChI=1S/C14H20N2O4/c1-14(2,20-3)8-12(17)16(9-13(18)19)11-7-5-4-6-10(11)15/h4-7H,8-9,15H2,1-3H3,(H,18,19). The van der Waals surface area contributed by atoms with E-state index in [0.717, 1.165) is 0 Å². The van der Waals surface area contributed by atoms with Gasteiger partial charge < -0.3 is 15.6 Å². The summed E-state index contributed by atoms with van der Waals surface area (Å²) in [7, 11) is 1.51. The van der Waals surface area contributed by atoms with Crippen LogP contribution in [0.25, 0.3) is 0 Å². The predicted molar refractivity (Wildman–Crippen MR) is 76.5 cm³/mol. The van der Waals surface area contributed by atoms with Gasteiger partial charge in [-0.25, -0.2) is 0 Å². The van der Waals surface area contributed by atoms with E-state index in [-0.39, 0.29) is 12.3 Å². The summed E-state index contributed by atoms with van der Waals surface area (Å²) in [6.45, 7) is 3.09. The maximum absolute atomic E-state index is 12.3. The maximum Gasteiger partial charge on any atom is 0.323 e. The third-order valence-corrected chi connectivity index (χ3v) is 2.95. The molecule has 0 saturated heterocycles. The predicted octanol–water partition coefficient (Wildman–Crippen LogP) is 1.50. The Labute approximate surface area is 118 Å². The minimum Gasteiger partial charge on any atom is -0.480 e. The van der Waals surface area contributed by atoms with Crippen LogP contribution in [0.1, 0.15) is 20.3 Å². The maximum atomic E-state index is 12.3. The number of benzene rings is 1. The van der Waals surface area contributed by atoms with Crippen molar-refractivity contribution in [2.24, 2.45) is 0 Å². The molecule has 1 amide bonds. The smallest absolute Gasteiger partial charge is 0.323 e. The second-order valence-corrected chi connectivity index (χ2v) is 5.07. The van der Waals surface area contributed by atoms with Gasteiger partial charge in [0.25, 0.3) is 0 Å². The number of para-hydroxylation sites is 2. The lowest BCUT2D eigenvalue weighted by Crippen LogP contribution is -2.40. The molecule has 0 radical (unpaired) electrons. The van der Waals surface area contributed by atoms with E-state index >= 15 is 0 Å². The van der Waals surface area contributed by atoms with Gasteiger partial charge in [-0.05, 0) is 26.0 Å². The van der Waals surface area contributed by atoms with E-state index in [1.54, 1.807) is 38.1 Å². The molecule has 0 bridgehead atoms. The van der Waals surface area contributed by atoms with Crippen LogP contribution in [0.5, 0.6) is 0 Å². The fraction of sp³-hybridized carbons (Fsp3) is 0.429. The third-order valence-electron chi connectivity index (χ3n) is 2.95. The summed E-state index contributed by atoms with van der Waals surface area (Å²) in [6, 6.07) is 6.67. The highest BCUT2D eigenvalue weighted by Gasteiger charge is 2.27. The highest BCUT2D eigenvalue weighted by Crippen LogP contribution is 2.25. The number of methoxy groups -OCH3 is 1. The van der Waals surface area contributed by atoms with E-state index in [2.05, 4.69) is 0 Å². The molecule has 1 aromatic carbocycles. The summed E-state index contributed by atoms with van der Waals surface area (Å²) >= 11 is 0. The fourth-order valence-electron chi connectivity index (χ4n) is 1.71. The second-order valence-electron chi connectivity index (χ2n) is 5.07. The van der Waals surface area contributed by atoms with Crippen LogP contribution in [-0.4, -0.2) is 36.2 Å². The Morgan fingerprint density at radius 1 is 1.35 bits per heavy atom. The summed E-state index contributed by atoms with van der Waals surface area (Å²) in [5, 5.41) is 8.97. The molecule has 1 aromatic rings. The summed E-state index contributed by atoms with van der Waals surface area (Å²) in [5.41, 5.74) is 5.90. The van der Waals surface area contributed by atoms with Gasteiger partial charge in [0.15, 0.2) is 0 Å². The molecule has 6 heteroatoms. The fourth-order valence-corrected chi connectivity index (χ4v) is 1.71. The Hall–Kier alpha value is -2.08. The van der Waals surface area contributed by atoms with Crippen molar-refractivity contribution >= 4 is 23.3 Å². The highest BCUT2D eigenvalue weighted by molar-refractivity contribution is 6.00. The molecule has 20 heavy (non-hydrogen) atoms. The average Bonchev–Trinajstić information content (AvgIpc) is 2.36. The molecule has 6 nitrogen and oxygen atoms in total. The Morgan fingerprint density at radius 3 is 2.45 bits per heavy atom. The molecule has 0 saturated carbocycles. The number of rotatable bonds is 6. The third kappa shape index (κ3) is 4.24. The minimum absolute atomic E-state index is 0.0606. The Bertz CT molecular complexity index is 500. The van der Waals surface area contributed by atoms with Gasteiger partial charge in [0.2, 0.25) is 5.91 Å². The van der Waals surface area contributed by atoms with Crippen molar-refractivity contribution in [2.75, 3.05) is 24.3 Å². The monoisotopic (exact) mass is 280 g/mol. The SMILES string of the molecule is COC(C)(C)CC(=O)N(CC(=O)O)c1ccccc1N. The number of nitrogen functional groups attached to an aromatic ring is 1. The van der Waals surface area contributed by atoms with Crippen molar-refractivity contribution in [1.29, 1.82) is 0 Å². The van der Waals surface area contributed by atoms with Gasteiger partial charge in [-0.15, -0.1) is 0 Å². The number of carbonyl (C=O) groups is 2. The molecule has 0 fully saturated rings. The zero-order chi connectivity index (χ0) is 15.3. The second kappa shape index (κ2) is 6.38. The van der Waals surface area contributed by atoms with E-state index in [1.807, 2.05) is 0 Å². The minimum atomic E-state index is -1.10. The van der Waals surface area contributed by atoms with Crippen LogP contribution in [0.4, 0.5) is 11.4 Å². The zero-order valence-corrected chi connectivity index (χ0v) is 11.9. The van der Waals surface area contributed by atoms with Gasteiger partial charge >= 0.3 is 5.97 Å². The number of anilines is 2. The topological polar surface area (TPSA) is 92.9 Å². The highest BCUT2D eigenvalue weighted by atomic mass is 16.5. The number of carboxylic acids is 1. The largest absolute Gasteiger partial charge is 0.480 e. The van der Waals surface area contributed by atoms with Crippen LogP contribution in [-0.2, 0) is 14.3 Å². The molecule has 0 aliphatic carbocycles. The van der Waals surface area contributed by atoms with Crippen LogP contribution in [0.2, 0.25) is 0 Å². The quantitative estimate of drug-likeness (QED) is 0.770. The van der Waals surface area contributed by atoms with E-state index in [9.17, 15) is 9.59 Å². The number of carbonyl (C=O) groups excluding carboxylic acids is 1. The van der Waals surface area contributed by atoms with E-state index in [0.29, 0.717) is 11.4 Å². The Morgan fingerprint density at radius 2 is 1.95 bits per heavy atom. The number of hydrogen-bond acceptors (Lipinski definition) is 4. The molecule has 0 aliphatic heterocycles. The molecule has 0 aromatic heterocycles. The Balaban J connectivity index is 3.04. The first kappa shape index (κ1) is 16.0. The van der Waals surface area contributed by atoms with Crippen molar-refractivity contribution in [3.8, 4) is 0 Å².